The third kappa shape index (κ3) is 2.80. The Morgan fingerprint density at radius 3 is 3.00 bits per heavy atom. The Bertz CT molecular complexity index is 328. The van der Waals surface area contributed by atoms with Crippen LogP contribution in [-0.4, -0.2) is 16.1 Å². The molecule has 1 aromatic rings. The maximum absolute atomic E-state index is 13.0. The fourth-order valence-electron chi connectivity index (χ4n) is 1.10. The lowest BCUT2D eigenvalue weighted by molar-refractivity contribution is -0.141. The van der Waals surface area contributed by atoms with E-state index in [1.165, 1.54) is 6.20 Å². The summed E-state index contributed by atoms with van der Waals surface area (Å²) >= 11 is 0. The van der Waals surface area contributed by atoms with Gasteiger partial charge < -0.3 is 5.11 Å². The first-order chi connectivity index (χ1) is 6.61. The third-order valence-electron chi connectivity index (χ3n) is 2.10. The maximum Gasteiger partial charge on any atom is 0.306 e. The molecule has 0 aliphatic rings. The monoisotopic (exact) mass is 197 g/mol. The maximum atomic E-state index is 13.0. The summed E-state index contributed by atoms with van der Waals surface area (Å²) in [6.45, 7) is 1.61. The van der Waals surface area contributed by atoms with Crippen LogP contribution in [0.15, 0.2) is 18.3 Å². The van der Waals surface area contributed by atoms with Crippen LogP contribution in [0.2, 0.25) is 0 Å². The molecule has 1 rings (SSSR count). The van der Waals surface area contributed by atoms with Crippen LogP contribution in [0.25, 0.3) is 0 Å². The van der Waals surface area contributed by atoms with Gasteiger partial charge in [0.05, 0.1) is 5.92 Å². The molecule has 0 aromatic carbocycles. The molecule has 0 amide bonds. The first-order valence-corrected chi connectivity index (χ1v) is 4.43. The average molecular weight is 197 g/mol. The zero-order valence-electron chi connectivity index (χ0n) is 7.90. The van der Waals surface area contributed by atoms with Crippen LogP contribution in [0.4, 0.5) is 4.39 Å². The van der Waals surface area contributed by atoms with Crippen molar-refractivity contribution in [2.24, 2.45) is 5.92 Å². The summed E-state index contributed by atoms with van der Waals surface area (Å²) in [5.74, 6) is -1.81. The zero-order valence-corrected chi connectivity index (χ0v) is 7.90. The quantitative estimate of drug-likeness (QED) is 0.749. The van der Waals surface area contributed by atoms with Crippen LogP contribution < -0.4 is 0 Å². The Morgan fingerprint density at radius 2 is 2.43 bits per heavy atom. The van der Waals surface area contributed by atoms with Crippen LogP contribution in [-0.2, 0) is 11.2 Å². The van der Waals surface area contributed by atoms with E-state index in [-0.39, 0.29) is 0 Å². The molecule has 0 aliphatic carbocycles. The molecule has 1 N–H and O–H groups in total. The average Bonchev–Trinajstić information content (AvgIpc) is 2.16. The molecule has 0 radical (unpaired) electrons. The van der Waals surface area contributed by atoms with Crippen molar-refractivity contribution in [1.82, 2.24) is 4.98 Å². The van der Waals surface area contributed by atoms with Crippen molar-refractivity contribution in [2.45, 2.75) is 19.8 Å². The molecule has 0 bridgehead atoms. The van der Waals surface area contributed by atoms with E-state index in [1.807, 2.05) is 0 Å². The van der Waals surface area contributed by atoms with Gasteiger partial charge in [0.1, 0.15) is 0 Å². The highest BCUT2D eigenvalue weighted by Gasteiger charge is 2.11. The second-order valence-electron chi connectivity index (χ2n) is 3.23. The van der Waals surface area contributed by atoms with Crippen molar-refractivity contribution in [3.8, 4) is 0 Å². The van der Waals surface area contributed by atoms with E-state index in [9.17, 15) is 9.18 Å². The number of aryl methyl sites for hydroxylation is 1. The summed E-state index contributed by atoms with van der Waals surface area (Å²) in [5, 5.41) is 8.62. The van der Waals surface area contributed by atoms with Crippen molar-refractivity contribution in [1.29, 1.82) is 0 Å². The Balaban J connectivity index is 2.54. The summed E-state index contributed by atoms with van der Waals surface area (Å²) in [7, 11) is 0. The minimum Gasteiger partial charge on any atom is -0.481 e. The number of hydrogen-bond acceptors (Lipinski definition) is 2. The lowest BCUT2D eigenvalue weighted by Crippen LogP contribution is -2.10. The molecule has 3 nitrogen and oxygen atoms in total. The Labute approximate surface area is 81.6 Å². The molecular weight excluding hydrogens is 185 g/mol. The number of aliphatic carboxylic acids is 1. The second-order valence-corrected chi connectivity index (χ2v) is 3.23. The van der Waals surface area contributed by atoms with Crippen molar-refractivity contribution in [3.05, 3.63) is 29.8 Å². The van der Waals surface area contributed by atoms with Crippen LogP contribution in [0.5, 0.6) is 0 Å². The highest BCUT2D eigenvalue weighted by molar-refractivity contribution is 5.69. The lowest BCUT2D eigenvalue weighted by atomic mass is 10.0. The van der Waals surface area contributed by atoms with Crippen LogP contribution in [0.3, 0.4) is 0 Å². The molecule has 1 heterocycles. The molecule has 1 unspecified atom stereocenters. The van der Waals surface area contributed by atoms with Gasteiger partial charge in [0.25, 0.3) is 0 Å². The first-order valence-electron chi connectivity index (χ1n) is 4.43. The topological polar surface area (TPSA) is 50.2 Å². The molecule has 0 aliphatic heterocycles. The Hall–Kier alpha value is -1.45. The van der Waals surface area contributed by atoms with Gasteiger partial charge in [-0.05, 0) is 18.9 Å². The summed E-state index contributed by atoms with van der Waals surface area (Å²) in [5.41, 5.74) is 0.473. The van der Waals surface area contributed by atoms with Gasteiger partial charge in [-0.3, -0.25) is 4.79 Å². The van der Waals surface area contributed by atoms with Gasteiger partial charge in [-0.2, -0.15) is 4.39 Å². The van der Waals surface area contributed by atoms with Gasteiger partial charge in [-0.15, -0.1) is 0 Å². The van der Waals surface area contributed by atoms with E-state index in [1.54, 1.807) is 19.1 Å². The van der Waals surface area contributed by atoms with Gasteiger partial charge in [0.2, 0.25) is 5.95 Å². The smallest absolute Gasteiger partial charge is 0.306 e. The van der Waals surface area contributed by atoms with Crippen molar-refractivity contribution in [3.63, 3.8) is 0 Å². The van der Waals surface area contributed by atoms with E-state index in [4.69, 9.17) is 5.11 Å². The van der Waals surface area contributed by atoms with E-state index in [0.717, 1.165) is 0 Å². The summed E-state index contributed by atoms with van der Waals surface area (Å²) in [4.78, 5) is 14.0. The zero-order chi connectivity index (χ0) is 10.6. The van der Waals surface area contributed by atoms with Crippen molar-refractivity contribution in [2.75, 3.05) is 0 Å². The van der Waals surface area contributed by atoms with Gasteiger partial charge in [-0.1, -0.05) is 13.0 Å². The molecule has 0 fully saturated rings. The molecule has 14 heavy (non-hydrogen) atoms. The number of pyridine rings is 1. The minimum atomic E-state index is -0.853. The standard InChI is InChI=1S/C10H12FNO2/c1-7(10(13)14)4-5-8-3-2-6-12-9(8)11/h2-3,6-7H,4-5H2,1H3,(H,13,14). The molecule has 0 saturated carbocycles. The summed E-state index contributed by atoms with van der Waals surface area (Å²) < 4.78 is 13.0. The number of rotatable bonds is 4. The second kappa shape index (κ2) is 4.69. The van der Waals surface area contributed by atoms with E-state index < -0.39 is 17.8 Å². The fourth-order valence-corrected chi connectivity index (χ4v) is 1.10. The number of carboxylic acids is 1. The molecule has 0 saturated heterocycles. The highest BCUT2D eigenvalue weighted by atomic mass is 19.1. The third-order valence-corrected chi connectivity index (χ3v) is 2.10. The van der Waals surface area contributed by atoms with Gasteiger partial charge in [0.15, 0.2) is 0 Å². The molecular formula is C10H12FNO2. The van der Waals surface area contributed by atoms with Crippen LogP contribution >= 0.6 is 0 Å². The van der Waals surface area contributed by atoms with Gasteiger partial charge in [0, 0.05) is 11.8 Å². The molecule has 1 atom stereocenters. The van der Waals surface area contributed by atoms with E-state index >= 15 is 0 Å². The fraction of sp³-hybridized carbons (Fsp3) is 0.400. The van der Waals surface area contributed by atoms with Gasteiger partial charge in [-0.25, -0.2) is 4.98 Å². The predicted octanol–water partition coefficient (Wildman–Crippen LogP) is 1.87. The number of carboxylic acid groups (broad SMARTS) is 1. The van der Waals surface area contributed by atoms with E-state index in [2.05, 4.69) is 4.98 Å². The van der Waals surface area contributed by atoms with E-state index in [0.29, 0.717) is 18.4 Å². The summed E-state index contributed by atoms with van der Waals surface area (Å²) in [6, 6.07) is 3.26. The Kier molecular flexibility index (Phi) is 3.56. The first kappa shape index (κ1) is 10.6. The van der Waals surface area contributed by atoms with Crippen molar-refractivity contribution >= 4 is 5.97 Å². The molecule has 76 valence electrons. The number of carbonyl (C=O) groups is 1. The van der Waals surface area contributed by atoms with Crippen molar-refractivity contribution < 1.29 is 14.3 Å². The predicted molar refractivity (Wildman–Crippen MR) is 49.3 cm³/mol. The Morgan fingerprint density at radius 1 is 1.71 bits per heavy atom. The number of hydrogen-bond donors (Lipinski definition) is 1. The van der Waals surface area contributed by atoms with Crippen LogP contribution in [0, 0.1) is 11.9 Å². The largest absolute Gasteiger partial charge is 0.481 e. The molecule has 0 spiro atoms. The molecule has 1 aromatic heterocycles. The summed E-state index contributed by atoms with van der Waals surface area (Å²) in [6.07, 6.45) is 2.21. The number of nitrogens with zero attached hydrogens (tertiary/aromatic N) is 1. The minimum absolute atomic E-state index is 0.410. The normalized spacial score (nSPS) is 12.4. The SMILES string of the molecule is CC(CCc1cccnc1F)C(=O)O. The lowest BCUT2D eigenvalue weighted by Gasteiger charge is -2.05. The number of aromatic nitrogens is 1. The highest BCUT2D eigenvalue weighted by Crippen LogP contribution is 2.11. The number of halogens is 1. The molecule has 4 heteroatoms. The van der Waals surface area contributed by atoms with Gasteiger partial charge >= 0.3 is 5.97 Å². The van der Waals surface area contributed by atoms with Crippen LogP contribution in [0.1, 0.15) is 18.9 Å².